The van der Waals surface area contributed by atoms with Gasteiger partial charge in [-0.15, -0.1) is 11.8 Å². The van der Waals surface area contributed by atoms with Gasteiger partial charge in [0.2, 0.25) is 5.91 Å². The number of aliphatic carboxylic acids is 1. The highest BCUT2D eigenvalue weighted by Crippen LogP contribution is 2.51. The zero-order valence-corrected chi connectivity index (χ0v) is 11.6. The summed E-state index contributed by atoms with van der Waals surface area (Å²) >= 11 is 1.52. The highest BCUT2D eigenvalue weighted by atomic mass is 32.2. The molecule has 1 unspecified atom stereocenters. The third kappa shape index (κ3) is 3.29. The van der Waals surface area contributed by atoms with E-state index in [2.05, 4.69) is 5.32 Å². The number of carboxylic acid groups (broad SMARTS) is 1. The molecular weight excluding hydrogens is 262 g/mol. The van der Waals surface area contributed by atoms with Crippen molar-refractivity contribution in [1.82, 2.24) is 5.32 Å². The Morgan fingerprint density at radius 3 is 2.47 bits per heavy atom. The third-order valence-corrected chi connectivity index (χ3v) is 4.68. The van der Waals surface area contributed by atoms with Crippen molar-refractivity contribution >= 4 is 23.6 Å². The lowest BCUT2D eigenvalue weighted by atomic mass is 10.2. The number of amides is 1. The van der Waals surface area contributed by atoms with Gasteiger partial charge in [0, 0.05) is 4.90 Å². The Morgan fingerprint density at radius 1 is 1.37 bits per heavy atom. The molecule has 0 aromatic heterocycles. The Kier molecular flexibility index (Phi) is 4.14. The van der Waals surface area contributed by atoms with E-state index in [-0.39, 0.29) is 5.91 Å². The van der Waals surface area contributed by atoms with Crippen molar-refractivity contribution < 1.29 is 14.7 Å². The summed E-state index contributed by atoms with van der Waals surface area (Å²) in [7, 11) is 0. The molecule has 0 spiro atoms. The van der Waals surface area contributed by atoms with Crippen molar-refractivity contribution in [2.75, 3.05) is 0 Å². The second kappa shape index (κ2) is 5.65. The van der Waals surface area contributed by atoms with Crippen LogP contribution in [0.2, 0.25) is 0 Å². The molecule has 0 heterocycles. The van der Waals surface area contributed by atoms with Gasteiger partial charge in [-0.25, -0.2) is 4.79 Å². The molecule has 102 valence electrons. The number of thioether (sulfide) groups is 1. The minimum atomic E-state index is -0.976. The molecule has 1 atom stereocenters. The average Bonchev–Trinajstić information content (AvgIpc) is 3.17. The Morgan fingerprint density at radius 2 is 2.00 bits per heavy atom. The number of nitrogens with one attached hydrogen (secondary N) is 1. The standard InChI is InChI=1S/C14H17NO3S/c1-2-11(12(16)17)15-13(18)14(8-9-14)19-10-6-4-3-5-7-10/h3-7,11H,2,8-9H2,1H3,(H,15,18)(H,16,17). The molecule has 1 amide bonds. The maximum Gasteiger partial charge on any atom is 0.326 e. The van der Waals surface area contributed by atoms with Crippen molar-refractivity contribution in [2.45, 2.75) is 41.9 Å². The summed E-state index contributed by atoms with van der Waals surface area (Å²) in [6, 6.07) is 8.94. The summed E-state index contributed by atoms with van der Waals surface area (Å²) in [5, 5.41) is 11.6. The summed E-state index contributed by atoms with van der Waals surface area (Å²) in [5.41, 5.74) is 0. The Hall–Kier alpha value is -1.49. The van der Waals surface area contributed by atoms with Crippen molar-refractivity contribution in [3.63, 3.8) is 0 Å². The maximum absolute atomic E-state index is 12.2. The van der Waals surface area contributed by atoms with Crippen LogP contribution in [0.5, 0.6) is 0 Å². The Labute approximate surface area is 116 Å². The molecule has 4 nitrogen and oxygen atoms in total. The van der Waals surface area contributed by atoms with E-state index in [1.807, 2.05) is 30.3 Å². The minimum absolute atomic E-state index is 0.157. The van der Waals surface area contributed by atoms with E-state index in [0.29, 0.717) is 6.42 Å². The first-order valence-corrected chi connectivity index (χ1v) is 7.17. The molecule has 1 aromatic rings. The molecule has 5 heteroatoms. The number of carboxylic acids is 1. The lowest BCUT2D eigenvalue weighted by molar-refractivity contribution is -0.141. The predicted octanol–water partition coefficient (Wildman–Crippen LogP) is 2.29. The quantitative estimate of drug-likeness (QED) is 0.838. The summed E-state index contributed by atoms with van der Waals surface area (Å²) < 4.78 is -0.468. The molecule has 1 aliphatic carbocycles. The normalized spacial score (nSPS) is 17.5. The van der Waals surface area contributed by atoms with Crippen LogP contribution in [0.4, 0.5) is 0 Å². The topological polar surface area (TPSA) is 66.4 Å². The van der Waals surface area contributed by atoms with E-state index in [1.165, 1.54) is 11.8 Å². The Balaban J connectivity index is 2.00. The van der Waals surface area contributed by atoms with Gasteiger partial charge in [-0.3, -0.25) is 4.79 Å². The lowest BCUT2D eigenvalue weighted by Crippen LogP contribution is -2.45. The monoisotopic (exact) mass is 279 g/mol. The molecule has 2 N–H and O–H groups in total. The van der Waals surface area contributed by atoms with E-state index >= 15 is 0 Å². The van der Waals surface area contributed by atoms with Crippen LogP contribution in [0.15, 0.2) is 35.2 Å². The average molecular weight is 279 g/mol. The van der Waals surface area contributed by atoms with Crippen molar-refractivity contribution in [3.8, 4) is 0 Å². The number of rotatable bonds is 6. The molecule has 0 bridgehead atoms. The van der Waals surface area contributed by atoms with Gasteiger partial charge < -0.3 is 10.4 Å². The zero-order chi connectivity index (χ0) is 13.9. The van der Waals surface area contributed by atoms with Crippen LogP contribution in [0, 0.1) is 0 Å². The van der Waals surface area contributed by atoms with Crippen LogP contribution in [-0.4, -0.2) is 27.8 Å². The van der Waals surface area contributed by atoms with E-state index in [1.54, 1.807) is 6.92 Å². The molecule has 0 radical (unpaired) electrons. The number of hydrogen-bond acceptors (Lipinski definition) is 3. The smallest absolute Gasteiger partial charge is 0.326 e. The van der Waals surface area contributed by atoms with Gasteiger partial charge in [0.05, 0.1) is 4.75 Å². The molecule has 19 heavy (non-hydrogen) atoms. The van der Waals surface area contributed by atoms with Crippen LogP contribution in [0.25, 0.3) is 0 Å². The van der Waals surface area contributed by atoms with Crippen molar-refractivity contribution in [2.24, 2.45) is 0 Å². The fourth-order valence-electron chi connectivity index (χ4n) is 1.83. The third-order valence-electron chi connectivity index (χ3n) is 3.19. The first-order chi connectivity index (χ1) is 9.07. The van der Waals surface area contributed by atoms with E-state index in [9.17, 15) is 9.59 Å². The molecule has 0 saturated heterocycles. The van der Waals surface area contributed by atoms with Gasteiger partial charge in [0.1, 0.15) is 6.04 Å². The molecular formula is C14H17NO3S. The summed E-state index contributed by atoms with van der Waals surface area (Å²) in [6.45, 7) is 1.75. The summed E-state index contributed by atoms with van der Waals surface area (Å²) in [4.78, 5) is 24.2. The Bertz CT molecular complexity index is 471. The van der Waals surface area contributed by atoms with Gasteiger partial charge in [0.15, 0.2) is 0 Å². The van der Waals surface area contributed by atoms with Crippen LogP contribution in [0.3, 0.4) is 0 Å². The van der Waals surface area contributed by atoms with E-state index in [4.69, 9.17) is 5.11 Å². The first-order valence-electron chi connectivity index (χ1n) is 6.35. The summed E-state index contributed by atoms with van der Waals surface area (Å²) in [6.07, 6.45) is 2.00. The molecule has 0 aliphatic heterocycles. The van der Waals surface area contributed by atoms with Gasteiger partial charge >= 0.3 is 5.97 Å². The van der Waals surface area contributed by atoms with Crippen LogP contribution >= 0.6 is 11.8 Å². The molecule has 2 rings (SSSR count). The number of hydrogen-bond donors (Lipinski definition) is 2. The molecule has 1 aromatic carbocycles. The van der Waals surface area contributed by atoms with Crippen molar-refractivity contribution in [3.05, 3.63) is 30.3 Å². The largest absolute Gasteiger partial charge is 0.480 e. The van der Waals surface area contributed by atoms with Crippen LogP contribution in [0.1, 0.15) is 26.2 Å². The van der Waals surface area contributed by atoms with Gasteiger partial charge in [0.25, 0.3) is 0 Å². The fourth-order valence-corrected chi connectivity index (χ4v) is 3.03. The number of carbonyl (C=O) groups is 2. The number of benzene rings is 1. The van der Waals surface area contributed by atoms with Crippen LogP contribution < -0.4 is 5.32 Å². The second-order valence-electron chi connectivity index (χ2n) is 4.68. The highest BCUT2D eigenvalue weighted by molar-refractivity contribution is 8.01. The minimum Gasteiger partial charge on any atom is -0.480 e. The molecule has 1 aliphatic rings. The van der Waals surface area contributed by atoms with Gasteiger partial charge in [-0.1, -0.05) is 25.1 Å². The van der Waals surface area contributed by atoms with Crippen molar-refractivity contribution in [1.29, 1.82) is 0 Å². The van der Waals surface area contributed by atoms with Gasteiger partial charge in [-0.2, -0.15) is 0 Å². The van der Waals surface area contributed by atoms with Crippen LogP contribution in [-0.2, 0) is 9.59 Å². The maximum atomic E-state index is 12.2. The zero-order valence-electron chi connectivity index (χ0n) is 10.8. The second-order valence-corrected chi connectivity index (χ2v) is 6.14. The highest BCUT2D eigenvalue weighted by Gasteiger charge is 2.51. The first kappa shape index (κ1) is 13.9. The lowest BCUT2D eigenvalue weighted by Gasteiger charge is -2.18. The number of carbonyl (C=O) groups excluding carboxylic acids is 1. The van der Waals surface area contributed by atoms with Gasteiger partial charge in [-0.05, 0) is 31.4 Å². The molecule has 1 saturated carbocycles. The fraction of sp³-hybridized carbons (Fsp3) is 0.429. The van der Waals surface area contributed by atoms with E-state index in [0.717, 1.165) is 17.7 Å². The summed E-state index contributed by atoms with van der Waals surface area (Å²) in [5.74, 6) is -1.13. The SMILES string of the molecule is CCC(NC(=O)C1(Sc2ccccc2)CC1)C(=O)O. The molecule has 1 fully saturated rings. The van der Waals surface area contributed by atoms with E-state index < -0.39 is 16.8 Å². The predicted molar refractivity (Wildman–Crippen MR) is 74.1 cm³/mol.